The van der Waals surface area contributed by atoms with Crippen LogP contribution >= 0.6 is 0 Å². The van der Waals surface area contributed by atoms with Gasteiger partial charge in [-0.3, -0.25) is 10.8 Å². The predicted molar refractivity (Wildman–Crippen MR) is 83.6 cm³/mol. The molecular formula is C16H19N3O3. The van der Waals surface area contributed by atoms with E-state index in [9.17, 15) is 0 Å². The first-order valence-corrected chi connectivity index (χ1v) is 7.08. The van der Waals surface area contributed by atoms with Crippen molar-refractivity contribution in [1.29, 1.82) is 10.8 Å². The Kier molecular flexibility index (Phi) is 4.93. The molecule has 0 aliphatic carbocycles. The van der Waals surface area contributed by atoms with Gasteiger partial charge in [0.25, 0.3) is 5.90 Å². The summed E-state index contributed by atoms with van der Waals surface area (Å²) in [4.78, 5) is 0. The molecule has 0 bridgehead atoms. The van der Waals surface area contributed by atoms with Crippen LogP contribution in [0.5, 0.6) is 0 Å². The number of aromatic nitrogens is 1. The smallest absolute Gasteiger partial charge is 0.253 e. The van der Waals surface area contributed by atoms with Gasteiger partial charge in [-0.2, -0.15) is 0 Å². The predicted octanol–water partition coefficient (Wildman–Crippen LogP) is 3.37. The van der Waals surface area contributed by atoms with Crippen molar-refractivity contribution in [3.8, 4) is 11.1 Å². The highest BCUT2D eigenvalue weighted by molar-refractivity contribution is 6.04. The molecular weight excluding hydrogens is 282 g/mol. The van der Waals surface area contributed by atoms with Crippen molar-refractivity contribution < 1.29 is 14.0 Å². The molecule has 0 saturated heterocycles. The molecule has 0 aliphatic rings. The van der Waals surface area contributed by atoms with Gasteiger partial charge in [-0.05, 0) is 26.3 Å². The van der Waals surface area contributed by atoms with Crippen molar-refractivity contribution in [2.75, 3.05) is 13.2 Å². The number of hydrogen-bond acceptors (Lipinski definition) is 6. The molecule has 0 atom stereocenters. The largest absolute Gasteiger partial charge is 0.477 e. The summed E-state index contributed by atoms with van der Waals surface area (Å²) in [6.07, 6.45) is 0. The minimum Gasteiger partial charge on any atom is -0.477 e. The van der Waals surface area contributed by atoms with E-state index in [-0.39, 0.29) is 23.2 Å². The molecule has 0 aliphatic heterocycles. The first kappa shape index (κ1) is 15.8. The molecule has 1 aromatic carbocycles. The summed E-state index contributed by atoms with van der Waals surface area (Å²) in [6, 6.07) is 7.69. The van der Waals surface area contributed by atoms with E-state index in [1.54, 1.807) is 13.8 Å². The highest BCUT2D eigenvalue weighted by atomic mass is 16.5. The van der Waals surface area contributed by atoms with Crippen LogP contribution in [0.1, 0.15) is 30.9 Å². The molecule has 22 heavy (non-hydrogen) atoms. The Labute approximate surface area is 129 Å². The van der Waals surface area contributed by atoms with Gasteiger partial charge in [0.1, 0.15) is 0 Å². The Bertz CT molecular complexity index is 639. The average Bonchev–Trinajstić information content (AvgIpc) is 2.93. The first-order chi connectivity index (χ1) is 10.6. The van der Waals surface area contributed by atoms with Crippen molar-refractivity contribution in [2.24, 2.45) is 0 Å². The number of hydrogen-bond donors (Lipinski definition) is 2. The Hall–Kier alpha value is -2.63. The lowest BCUT2D eigenvalue weighted by atomic mass is 10.0. The number of ether oxygens (including phenoxy) is 2. The zero-order chi connectivity index (χ0) is 16.1. The summed E-state index contributed by atoms with van der Waals surface area (Å²) in [5.74, 6) is 0.00338. The number of rotatable bonds is 5. The van der Waals surface area contributed by atoms with E-state index in [2.05, 4.69) is 5.16 Å². The van der Waals surface area contributed by atoms with Crippen LogP contribution in [0.2, 0.25) is 0 Å². The molecule has 0 unspecified atom stereocenters. The van der Waals surface area contributed by atoms with Crippen LogP contribution in [0, 0.1) is 17.7 Å². The molecule has 1 aromatic heterocycles. The van der Waals surface area contributed by atoms with E-state index >= 15 is 0 Å². The zero-order valence-electron chi connectivity index (χ0n) is 12.9. The van der Waals surface area contributed by atoms with Gasteiger partial charge in [0.05, 0.1) is 18.8 Å². The molecule has 2 aromatic rings. The van der Waals surface area contributed by atoms with Crippen LogP contribution in [0.4, 0.5) is 0 Å². The Morgan fingerprint density at radius 3 is 2.23 bits per heavy atom. The highest BCUT2D eigenvalue weighted by Crippen LogP contribution is 2.29. The zero-order valence-corrected chi connectivity index (χ0v) is 12.9. The molecule has 116 valence electrons. The normalized spacial score (nSPS) is 10.3. The second-order valence-corrected chi connectivity index (χ2v) is 4.63. The van der Waals surface area contributed by atoms with Crippen LogP contribution in [0.3, 0.4) is 0 Å². The molecule has 0 saturated carbocycles. The summed E-state index contributed by atoms with van der Waals surface area (Å²) in [5, 5.41) is 19.8. The molecule has 2 rings (SSSR count). The Morgan fingerprint density at radius 2 is 1.64 bits per heavy atom. The number of nitrogens with zero attached hydrogens (tertiary/aromatic N) is 1. The monoisotopic (exact) mass is 301 g/mol. The maximum absolute atomic E-state index is 7.96. The molecule has 0 amide bonds. The fourth-order valence-corrected chi connectivity index (χ4v) is 2.01. The topological polar surface area (TPSA) is 92.2 Å². The molecule has 1 heterocycles. The van der Waals surface area contributed by atoms with Crippen LogP contribution < -0.4 is 0 Å². The summed E-state index contributed by atoms with van der Waals surface area (Å²) < 4.78 is 15.7. The SMILES string of the molecule is CCOC(=N)c1noc(C(=N)OCC)c1-c1ccc(C)cc1. The van der Waals surface area contributed by atoms with Gasteiger partial charge in [0.15, 0.2) is 5.69 Å². The second-order valence-electron chi connectivity index (χ2n) is 4.63. The van der Waals surface area contributed by atoms with Crippen molar-refractivity contribution in [3.05, 3.63) is 41.3 Å². The summed E-state index contributed by atoms with van der Waals surface area (Å²) in [5.41, 5.74) is 2.72. The summed E-state index contributed by atoms with van der Waals surface area (Å²) in [6.45, 7) is 6.29. The number of benzene rings is 1. The molecule has 0 spiro atoms. The van der Waals surface area contributed by atoms with Gasteiger partial charge in [-0.25, -0.2) is 0 Å². The van der Waals surface area contributed by atoms with Crippen molar-refractivity contribution in [2.45, 2.75) is 20.8 Å². The maximum atomic E-state index is 7.96. The van der Waals surface area contributed by atoms with Crippen molar-refractivity contribution >= 4 is 11.8 Å². The third-order valence-electron chi connectivity index (χ3n) is 3.03. The van der Waals surface area contributed by atoms with Crippen LogP contribution in [-0.2, 0) is 9.47 Å². The molecule has 6 nitrogen and oxygen atoms in total. The first-order valence-electron chi connectivity index (χ1n) is 7.08. The Balaban J connectivity index is 2.54. The van der Waals surface area contributed by atoms with E-state index in [0.717, 1.165) is 11.1 Å². The molecule has 2 N–H and O–H groups in total. The minimum absolute atomic E-state index is 0.0858. The minimum atomic E-state index is -0.110. The molecule has 0 fully saturated rings. The third-order valence-corrected chi connectivity index (χ3v) is 3.03. The number of aryl methyl sites for hydroxylation is 1. The van der Waals surface area contributed by atoms with E-state index in [0.29, 0.717) is 18.8 Å². The van der Waals surface area contributed by atoms with Crippen LogP contribution in [0.15, 0.2) is 28.8 Å². The van der Waals surface area contributed by atoms with E-state index in [4.69, 9.17) is 24.8 Å². The van der Waals surface area contributed by atoms with Gasteiger partial charge in [-0.15, -0.1) is 0 Å². The van der Waals surface area contributed by atoms with E-state index in [1.807, 2.05) is 31.2 Å². The highest BCUT2D eigenvalue weighted by Gasteiger charge is 2.25. The maximum Gasteiger partial charge on any atom is 0.253 e. The lowest BCUT2D eigenvalue weighted by molar-refractivity contribution is 0.303. The summed E-state index contributed by atoms with van der Waals surface area (Å²) >= 11 is 0. The lowest BCUT2D eigenvalue weighted by Crippen LogP contribution is -2.09. The average molecular weight is 301 g/mol. The standard InChI is InChI=1S/C16H19N3O3/c1-4-20-15(17)13-12(11-8-6-10(3)7-9-11)14(22-19-13)16(18)21-5-2/h6-9,17-18H,4-5H2,1-3H3. The van der Waals surface area contributed by atoms with Gasteiger partial charge in [0.2, 0.25) is 11.7 Å². The quantitative estimate of drug-likeness (QED) is 0.654. The van der Waals surface area contributed by atoms with Gasteiger partial charge in [-0.1, -0.05) is 35.0 Å². The Morgan fingerprint density at radius 1 is 1.05 bits per heavy atom. The lowest BCUT2D eigenvalue weighted by Gasteiger charge is -2.07. The van der Waals surface area contributed by atoms with Crippen LogP contribution in [0.25, 0.3) is 11.1 Å². The molecule has 0 radical (unpaired) electrons. The fourth-order valence-electron chi connectivity index (χ4n) is 2.01. The van der Waals surface area contributed by atoms with E-state index < -0.39 is 0 Å². The number of nitrogens with one attached hydrogen (secondary N) is 2. The van der Waals surface area contributed by atoms with Gasteiger partial charge >= 0.3 is 0 Å². The van der Waals surface area contributed by atoms with Crippen molar-refractivity contribution in [1.82, 2.24) is 5.16 Å². The second kappa shape index (κ2) is 6.89. The van der Waals surface area contributed by atoms with Gasteiger partial charge < -0.3 is 14.0 Å². The third kappa shape index (κ3) is 3.16. The fraction of sp³-hybridized carbons (Fsp3) is 0.312. The van der Waals surface area contributed by atoms with Crippen molar-refractivity contribution in [3.63, 3.8) is 0 Å². The summed E-state index contributed by atoms with van der Waals surface area (Å²) in [7, 11) is 0. The molecule has 6 heteroatoms. The van der Waals surface area contributed by atoms with Crippen LogP contribution in [-0.4, -0.2) is 30.2 Å². The van der Waals surface area contributed by atoms with E-state index in [1.165, 1.54) is 0 Å². The van der Waals surface area contributed by atoms with Gasteiger partial charge in [0, 0.05) is 0 Å².